The van der Waals surface area contributed by atoms with Crippen molar-refractivity contribution in [3.05, 3.63) is 52.6 Å². The van der Waals surface area contributed by atoms with Crippen molar-refractivity contribution >= 4 is 17.5 Å². The first kappa shape index (κ1) is 15.2. The van der Waals surface area contributed by atoms with Crippen molar-refractivity contribution in [1.29, 1.82) is 0 Å². The molecule has 2 heterocycles. The van der Waals surface area contributed by atoms with Crippen LogP contribution in [0.4, 0.5) is 0 Å². The second-order valence-electron chi connectivity index (χ2n) is 4.74. The Morgan fingerprint density at radius 1 is 1.30 bits per heavy atom. The largest absolute Gasteiger partial charge is 0.472 e. The Morgan fingerprint density at radius 2 is 2.09 bits per heavy atom. The fourth-order valence-corrected chi connectivity index (χ4v) is 2.66. The third-order valence-electron chi connectivity index (χ3n) is 3.27. The van der Waals surface area contributed by atoms with Crippen LogP contribution in [0.3, 0.4) is 0 Å². The number of nitrogens with zero attached hydrogens (tertiary/aromatic N) is 2. The van der Waals surface area contributed by atoms with Crippen LogP contribution < -0.4 is 4.74 Å². The Kier molecular flexibility index (Phi) is 4.38. The summed E-state index contributed by atoms with van der Waals surface area (Å²) in [5.74, 6) is 0.630. The van der Waals surface area contributed by atoms with Crippen molar-refractivity contribution in [2.45, 2.75) is 13.5 Å². The van der Waals surface area contributed by atoms with Crippen molar-refractivity contribution in [3.63, 3.8) is 0 Å². The van der Waals surface area contributed by atoms with Crippen LogP contribution in [0.1, 0.15) is 21.0 Å². The van der Waals surface area contributed by atoms with E-state index in [1.54, 1.807) is 6.07 Å². The van der Waals surface area contributed by atoms with Crippen LogP contribution in [-0.2, 0) is 11.3 Å². The highest BCUT2D eigenvalue weighted by Crippen LogP contribution is 2.27. The highest BCUT2D eigenvalue weighted by molar-refractivity contribution is 7.08. The van der Waals surface area contributed by atoms with Gasteiger partial charge in [0, 0.05) is 11.6 Å². The summed E-state index contributed by atoms with van der Waals surface area (Å²) in [6, 6.07) is 11.3. The van der Waals surface area contributed by atoms with Crippen molar-refractivity contribution in [2.75, 3.05) is 7.11 Å². The fourth-order valence-electron chi connectivity index (χ4n) is 2.05. The van der Waals surface area contributed by atoms with E-state index in [9.17, 15) is 4.79 Å². The molecule has 0 aliphatic rings. The van der Waals surface area contributed by atoms with Crippen molar-refractivity contribution in [3.8, 4) is 17.1 Å². The molecule has 0 unspecified atom stereocenters. The van der Waals surface area contributed by atoms with E-state index >= 15 is 0 Å². The zero-order chi connectivity index (χ0) is 16.2. The Hall–Kier alpha value is -2.67. The van der Waals surface area contributed by atoms with E-state index in [-0.39, 0.29) is 6.61 Å². The van der Waals surface area contributed by atoms with Gasteiger partial charge in [-0.15, -0.1) is 0 Å². The molecule has 0 spiro atoms. The summed E-state index contributed by atoms with van der Waals surface area (Å²) in [7, 11) is 1.33. The predicted octanol–water partition coefficient (Wildman–Crippen LogP) is 3.47. The number of carbonyl (C=O) groups excluding carboxylic acids is 1. The van der Waals surface area contributed by atoms with Crippen LogP contribution >= 0.6 is 11.5 Å². The zero-order valence-corrected chi connectivity index (χ0v) is 13.4. The van der Waals surface area contributed by atoms with Gasteiger partial charge in [0.15, 0.2) is 0 Å². The van der Waals surface area contributed by atoms with Crippen LogP contribution in [-0.4, -0.2) is 22.6 Å². The van der Waals surface area contributed by atoms with E-state index in [2.05, 4.69) is 14.3 Å². The van der Waals surface area contributed by atoms with Gasteiger partial charge in [-0.2, -0.15) is 4.37 Å². The number of rotatable bonds is 5. The average Bonchev–Trinajstić information content (AvgIpc) is 3.20. The van der Waals surface area contributed by atoms with Gasteiger partial charge in [-0.05, 0) is 18.5 Å². The topological polar surface area (TPSA) is 74.5 Å². The maximum Gasteiger partial charge on any atom is 0.349 e. The van der Waals surface area contributed by atoms with Gasteiger partial charge in [0.05, 0.1) is 12.7 Å². The lowest BCUT2D eigenvalue weighted by Crippen LogP contribution is -1.99. The van der Waals surface area contributed by atoms with Gasteiger partial charge in [0.1, 0.15) is 22.9 Å². The molecule has 0 bridgehead atoms. The van der Waals surface area contributed by atoms with Crippen LogP contribution in [0.5, 0.6) is 5.88 Å². The van der Waals surface area contributed by atoms with E-state index in [1.165, 1.54) is 7.11 Å². The molecule has 0 amide bonds. The number of esters is 1. The molecule has 0 saturated carbocycles. The summed E-state index contributed by atoms with van der Waals surface area (Å²) in [6.45, 7) is 2.09. The maximum absolute atomic E-state index is 11.4. The second-order valence-corrected chi connectivity index (χ2v) is 5.55. The van der Waals surface area contributed by atoms with E-state index in [0.717, 1.165) is 28.4 Å². The summed E-state index contributed by atoms with van der Waals surface area (Å²) < 4.78 is 19.7. The lowest BCUT2D eigenvalue weighted by atomic mass is 10.1. The van der Waals surface area contributed by atoms with Crippen molar-refractivity contribution in [1.82, 2.24) is 9.53 Å². The molecule has 0 saturated heterocycles. The molecule has 7 heteroatoms. The van der Waals surface area contributed by atoms with Crippen LogP contribution in [0.25, 0.3) is 11.3 Å². The van der Waals surface area contributed by atoms with E-state index < -0.39 is 5.97 Å². The van der Waals surface area contributed by atoms with Gasteiger partial charge >= 0.3 is 5.97 Å². The molecular formula is C16H14N2O4S. The lowest BCUT2D eigenvalue weighted by molar-refractivity contribution is 0.0606. The molecule has 0 aliphatic carbocycles. The highest BCUT2D eigenvalue weighted by atomic mass is 32.1. The minimum absolute atomic E-state index is 0.254. The fraction of sp³-hybridized carbons (Fsp3) is 0.188. The number of aromatic nitrogens is 2. The molecule has 6 nitrogen and oxygen atoms in total. The van der Waals surface area contributed by atoms with Gasteiger partial charge in [-0.25, -0.2) is 4.79 Å². The number of ether oxygens (including phenoxy) is 2. The van der Waals surface area contributed by atoms with Gasteiger partial charge < -0.3 is 14.0 Å². The number of carbonyl (C=O) groups is 1. The minimum atomic E-state index is -0.427. The molecule has 3 aromatic rings. The molecule has 0 N–H and O–H groups in total. The first-order valence-electron chi connectivity index (χ1n) is 6.87. The van der Waals surface area contributed by atoms with Gasteiger partial charge in [0.25, 0.3) is 0 Å². The molecular weight excluding hydrogens is 316 g/mol. The number of benzene rings is 1. The summed E-state index contributed by atoms with van der Waals surface area (Å²) >= 11 is 1.04. The highest BCUT2D eigenvalue weighted by Gasteiger charge is 2.17. The van der Waals surface area contributed by atoms with Gasteiger partial charge in [-0.3, -0.25) is 0 Å². The summed E-state index contributed by atoms with van der Waals surface area (Å²) in [6.07, 6.45) is 0. The van der Waals surface area contributed by atoms with Gasteiger partial charge in [-0.1, -0.05) is 35.5 Å². The number of methoxy groups -OCH3 is 1. The second kappa shape index (κ2) is 6.62. The van der Waals surface area contributed by atoms with Crippen LogP contribution in [0.2, 0.25) is 0 Å². The molecule has 0 aliphatic heterocycles. The summed E-state index contributed by atoms with van der Waals surface area (Å²) in [4.78, 5) is 11.8. The Morgan fingerprint density at radius 3 is 2.83 bits per heavy atom. The molecule has 2 aromatic heterocycles. The third kappa shape index (κ3) is 3.24. The monoisotopic (exact) mass is 330 g/mol. The maximum atomic E-state index is 11.4. The molecule has 3 rings (SSSR count). The molecule has 1 aromatic carbocycles. The molecule has 0 fully saturated rings. The minimum Gasteiger partial charge on any atom is -0.472 e. The Bertz CT molecular complexity index is 811. The van der Waals surface area contributed by atoms with Crippen molar-refractivity contribution in [2.24, 2.45) is 0 Å². The molecule has 0 atom stereocenters. The Balaban J connectivity index is 1.77. The third-order valence-corrected chi connectivity index (χ3v) is 4.02. The lowest BCUT2D eigenvalue weighted by Gasteiger charge is -2.03. The van der Waals surface area contributed by atoms with Crippen LogP contribution in [0.15, 0.2) is 40.9 Å². The first-order chi connectivity index (χ1) is 11.2. The van der Waals surface area contributed by atoms with E-state index in [0.29, 0.717) is 16.5 Å². The molecule has 118 valence electrons. The van der Waals surface area contributed by atoms with E-state index in [4.69, 9.17) is 9.26 Å². The predicted molar refractivity (Wildman–Crippen MR) is 84.5 cm³/mol. The smallest absolute Gasteiger partial charge is 0.349 e. The summed E-state index contributed by atoms with van der Waals surface area (Å²) in [5, 5.41) is 4.10. The number of aryl methyl sites for hydroxylation is 1. The first-order valence-corrected chi connectivity index (χ1v) is 7.64. The zero-order valence-electron chi connectivity index (χ0n) is 12.6. The average molecular weight is 330 g/mol. The number of hydrogen-bond acceptors (Lipinski definition) is 7. The van der Waals surface area contributed by atoms with Crippen molar-refractivity contribution < 1.29 is 18.8 Å². The van der Waals surface area contributed by atoms with E-state index in [1.807, 2.05) is 37.3 Å². The molecule has 0 radical (unpaired) electrons. The Labute approximate surface area is 136 Å². The standard InChI is InChI=1S/C16H14N2O4S/c1-10-12(15(17-22-10)11-6-4-3-5-7-11)9-21-14-8-13(23-18-14)16(19)20-2/h3-8H,9H2,1-2H3. The number of hydrogen-bond donors (Lipinski definition) is 0. The van der Waals surface area contributed by atoms with Gasteiger partial charge in [0.2, 0.25) is 5.88 Å². The quantitative estimate of drug-likeness (QED) is 0.667. The van der Waals surface area contributed by atoms with Crippen LogP contribution in [0, 0.1) is 6.92 Å². The SMILES string of the molecule is COC(=O)c1cc(OCc2c(-c3ccccc3)noc2C)ns1. The molecule has 23 heavy (non-hydrogen) atoms. The summed E-state index contributed by atoms with van der Waals surface area (Å²) in [5.41, 5.74) is 2.55. The normalized spacial score (nSPS) is 10.5.